The molecule has 0 aliphatic carbocycles. The summed E-state index contributed by atoms with van der Waals surface area (Å²) < 4.78 is 10.5. The van der Waals surface area contributed by atoms with Crippen LogP contribution in [0.5, 0.6) is 17.5 Å². The van der Waals surface area contributed by atoms with Gasteiger partial charge < -0.3 is 15.2 Å². The van der Waals surface area contributed by atoms with Gasteiger partial charge in [0.25, 0.3) is 0 Å². The highest BCUT2D eigenvalue weighted by Gasteiger charge is 2.04. The lowest BCUT2D eigenvalue weighted by Crippen LogP contribution is -1.95. The maximum atomic E-state index is 5.66. The molecule has 0 amide bonds. The van der Waals surface area contributed by atoms with E-state index >= 15 is 0 Å². The molecule has 5 nitrogen and oxygen atoms in total. The van der Waals surface area contributed by atoms with Crippen LogP contribution in [0.25, 0.3) is 0 Å². The summed E-state index contributed by atoms with van der Waals surface area (Å²) in [5, 5.41) is 0. The van der Waals surface area contributed by atoms with Crippen LogP contribution in [0.15, 0.2) is 30.6 Å². The first-order valence-electron chi connectivity index (χ1n) is 5.09. The van der Waals surface area contributed by atoms with Gasteiger partial charge in [0.15, 0.2) is 5.75 Å². The summed E-state index contributed by atoms with van der Waals surface area (Å²) in [6, 6.07) is 5.67. The zero-order chi connectivity index (χ0) is 12.3. The molecule has 88 valence electrons. The summed E-state index contributed by atoms with van der Waals surface area (Å²) in [6.45, 7) is 1.91. The minimum atomic E-state index is 0.277. The molecule has 1 heterocycles. The second kappa shape index (κ2) is 4.69. The van der Waals surface area contributed by atoms with Gasteiger partial charge in [0.2, 0.25) is 0 Å². The van der Waals surface area contributed by atoms with Gasteiger partial charge >= 0.3 is 6.01 Å². The Morgan fingerprint density at radius 1 is 1.18 bits per heavy atom. The summed E-state index contributed by atoms with van der Waals surface area (Å²) in [4.78, 5) is 8.04. The number of anilines is 1. The molecule has 1 aromatic heterocycles. The number of methoxy groups -OCH3 is 1. The van der Waals surface area contributed by atoms with E-state index in [-0.39, 0.29) is 6.01 Å². The maximum Gasteiger partial charge on any atom is 0.322 e. The van der Waals surface area contributed by atoms with Crippen molar-refractivity contribution in [3.63, 3.8) is 0 Å². The molecule has 1 aromatic carbocycles. The average Bonchev–Trinajstić information content (AvgIpc) is 2.34. The molecule has 0 fully saturated rings. The number of aromatic nitrogens is 2. The van der Waals surface area contributed by atoms with Crippen LogP contribution in [0, 0.1) is 6.92 Å². The van der Waals surface area contributed by atoms with E-state index in [1.54, 1.807) is 31.6 Å². The maximum absolute atomic E-state index is 5.66. The van der Waals surface area contributed by atoms with Gasteiger partial charge in [0, 0.05) is 5.69 Å². The fourth-order valence-electron chi connectivity index (χ4n) is 1.35. The van der Waals surface area contributed by atoms with Crippen LogP contribution < -0.4 is 15.2 Å². The molecule has 2 aromatic rings. The van der Waals surface area contributed by atoms with Gasteiger partial charge in [-0.05, 0) is 30.7 Å². The standard InChI is InChI=1S/C12H13N3O2/c1-8-5-9(13)3-4-11(8)17-12-14-6-10(16-2)7-15-12/h3-7H,13H2,1-2H3. The Kier molecular flexibility index (Phi) is 3.09. The van der Waals surface area contributed by atoms with Gasteiger partial charge in [0.05, 0.1) is 19.5 Å². The lowest BCUT2D eigenvalue weighted by atomic mass is 10.2. The van der Waals surface area contributed by atoms with Crippen LogP contribution in [-0.2, 0) is 0 Å². The lowest BCUT2D eigenvalue weighted by Gasteiger charge is -2.07. The van der Waals surface area contributed by atoms with Crippen LogP contribution in [0.1, 0.15) is 5.56 Å². The molecule has 0 aliphatic rings. The van der Waals surface area contributed by atoms with E-state index in [4.69, 9.17) is 15.2 Å². The van der Waals surface area contributed by atoms with Crippen molar-refractivity contribution >= 4 is 5.69 Å². The van der Waals surface area contributed by atoms with Crippen LogP contribution in [0.3, 0.4) is 0 Å². The van der Waals surface area contributed by atoms with E-state index < -0.39 is 0 Å². The van der Waals surface area contributed by atoms with E-state index in [1.165, 1.54) is 0 Å². The van der Waals surface area contributed by atoms with Crippen molar-refractivity contribution in [2.75, 3.05) is 12.8 Å². The number of ether oxygens (including phenoxy) is 2. The second-order valence-electron chi connectivity index (χ2n) is 3.53. The number of nitrogens with zero attached hydrogens (tertiary/aromatic N) is 2. The third-order valence-corrected chi connectivity index (χ3v) is 2.24. The van der Waals surface area contributed by atoms with Gasteiger partial charge in [-0.3, -0.25) is 0 Å². The van der Waals surface area contributed by atoms with Crippen molar-refractivity contribution in [1.82, 2.24) is 9.97 Å². The fourth-order valence-corrected chi connectivity index (χ4v) is 1.35. The van der Waals surface area contributed by atoms with E-state index in [9.17, 15) is 0 Å². The number of nitrogens with two attached hydrogens (primary N) is 1. The molecule has 0 spiro atoms. The highest BCUT2D eigenvalue weighted by molar-refractivity contribution is 5.47. The van der Waals surface area contributed by atoms with Gasteiger partial charge in [0.1, 0.15) is 5.75 Å². The summed E-state index contributed by atoms with van der Waals surface area (Å²) in [6.07, 6.45) is 3.10. The second-order valence-corrected chi connectivity index (χ2v) is 3.53. The molecule has 0 radical (unpaired) electrons. The summed E-state index contributed by atoms with van der Waals surface area (Å²) >= 11 is 0. The van der Waals surface area contributed by atoms with Crippen molar-refractivity contribution in [3.05, 3.63) is 36.2 Å². The minimum absolute atomic E-state index is 0.277. The molecule has 0 saturated heterocycles. The highest BCUT2D eigenvalue weighted by atomic mass is 16.5. The van der Waals surface area contributed by atoms with E-state index in [0.29, 0.717) is 17.2 Å². The third kappa shape index (κ3) is 2.63. The highest BCUT2D eigenvalue weighted by Crippen LogP contribution is 2.24. The lowest BCUT2D eigenvalue weighted by molar-refractivity contribution is 0.398. The first kappa shape index (κ1) is 11.2. The van der Waals surface area contributed by atoms with Crippen LogP contribution in [0.4, 0.5) is 5.69 Å². The Hall–Kier alpha value is -2.30. The van der Waals surface area contributed by atoms with Gasteiger partial charge in [-0.25, -0.2) is 0 Å². The summed E-state index contributed by atoms with van der Waals surface area (Å²) in [5.74, 6) is 1.27. The molecule has 5 heteroatoms. The SMILES string of the molecule is COc1cnc(Oc2ccc(N)cc2C)nc1. The molecular weight excluding hydrogens is 218 g/mol. The quantitative estimate of drug-likeness (QED) is 0.820. The van der Waals surface area contributed by atoms with Crippen LogP contribution in [0.2, 0.25) is 0 Å². The summed E-state index contributed by atoms with van der Waals surface area (Å²) in [5.41, 5.74) is 7.29. The Morgan fingerprint density at radius 3 is 2.47 bits per heavy atom. The number of nitrogen functional groups attached to an aromatic ring is 1. The molecule has 17 heavy (non-hydrogen) atoms. The zero-order valence-corrected chi connectivity index (χ0v) is 9.68. The number of hydrogen-bond acceptors (Lipinski definition) is 5. The number of rotatable bonds is 3. The van der Waals surface area contributed by atoms with Crippen LogP contribution >= 0.6 is 0 Å². The smallest absolute Gasteiger partial charge is 0.322 e. The first-order valence-corrected chi connectivity index (χ1v) is 5.09. The zero-order valence-electron chi connectivity index (χ0n) is 9.68. The van der Waals surface area contributed by atoms with Crippen molar-refractivity contribution < 1.29 is 9.47 Å². The molecular formula is C12H13N3O2. The molecule has 0 bridgehead atoms. The van der Waals surface area contributed by atoms with Crippen LogP contribution in [-0.4, -0.2) is 17.1 Å². The van der Waals surface area contributed by atoms with Gasteiger partial charge in [-0.2, -0.15) is 9.97 Å². The van der Waals surface area contributed by atoms with Crippen molar-refractivity contribution in [3.8, 4) is 17.5 Å². The van der Waals surface area contributed by atoms with E-state index in [2.05, 4.69) is 9.97 Å². The van der Waals surface area contributed by atoms with Crippen molar-refractivity contribution in [2.24, 2.45) is 0 Å². The normalized spacial score (nSPS) is 10.0. The van der Waals surface area contributed by atoms with Gasteiger partial charge in [-0.1, -0.05) is 0 Å². The molecule has 0 saturated carbocycles. The van der Waals surface area contributed by atoms with Gasteiger partial charge in [-0.15, -0.1) is 0 Å². The molecule has 2 N–H and O–H groups in total. The fraction of sp³-hybridized carbons (Fsp3) is 0.167. The predicted octanol–water partition coefficient (Wildman–Crippen LogP) is 2.17. The summed E-state index contributed by atoms with van der Waals surface area (Å²) in [7, 11) is 1.56. The van der Waals surface area contributed by atoms with Crippen molar-refractivity contribution in [2.45, 2.75) is 6.92 Å². The largest absolute Gasteiger partial charge is 0.494 e. The first-order chi connectivity index (χ1) is 8.19. The Balaban J connectivity index is 2.19. The predicted molar refractivity (Wildman–Crippen MR) is 64.2 cm³/mol. The number of benzene rings is 1. The molecule has 0 aliphatic heterocycles. The average molecular weight is 231 g/mol. The number of aryl methyl sites for hydroxylation is 1. The molecule has 0 atom stereocenters. The Labute approximate surface area is 99.2 Å². The monoisotopic (exact) mass is 231 g/mol. The molecule has 0 unspecified atom stereocenters. The molecule has 2 rings (SSSR count). The van der Waals surface area contributed by atoms with E-state index in [1.807, 2.05) is 13.0 Å². The Morgan fingerprint density at radius 2 is 1.88 bits per heavy atom. The Bertz CT molecular complexity index is 512. The topological polar surface area (TPSA) is 70.3 Å². The minimum Gasteiger partial charge on any atom is -0.494 e. The van der Waals surface area contributed by atoms with Crippen molar-refractivity contribution in [1.29, 1.82) is 0 Å². The number of hydrogen-bond donors (Lipinski definition) is 1. The van der Waals surface area contributed by atoms with E-state index in [0.717, 1.165) is 5.56 Å². The third-order valence-electron chi connectivity index (χ3n) is 2.24.